The predicted molar refractivity (Wildman–Crippen MR) is 105 cm³/mol. The average molecular weight is 414 g/mol. The number of benzene rings is 1. The highest BCUT2D eigenvalue weighted by Crippen LogP contribution is 2.23. The normalized spacial score (nSPS) is 15.0. The van der Waals surface area contributed by atoms with Gasteiger partial charge in [-0.25, -0.2) is 9.59 Å². The first-order valence-corrected chi connectivity index (χ1v) is 10.5. The third kappa shape index (κ3) is 9.93. The molecule has 10 heteroatoms. The lowest BCUT2D eigenvalue weighted by Gasteiger charge is -2.36. The van der Waals surface area contributed by atoms with Crippen LogP contribution in [0, 0.1) is 0 Å². The van der Waals surface area contributed by atoms with Crippen LogP contribution in [0.3, 0.4) is 0 Å². The molecule has 0 atom stereocenters. The van der Waals surface area contributed by atoms with Gasteiger partial charge in [-0.15, -0.1) is 0 Å². The molecule has 0 radical (unpaired) electrons. The Balaban J connectivity index is 0.000000416. The van der Waals surface area contributed by atoms with Crippen molar-refractivity contribution in [3.8, 4) is 5.75 Å². The van der Waals surface area contributed by atoms with Gasteiger partial charge in [-0.3, -0.25) is 4.90 Å². The molecular weight excluding hydrogens is 388 g/mol. The lowest BCUT2D eigenvalue weighted by atomic mass is 10.2. The highest BCUT2D eigenvalue weighted by atomic mass is 32.2. The van der Waals surface area contributed by atoms with Crippen LogP contribution >= 0.6 is 0 Å². The largest absolute Gasteiger partial charge is 0.478 e. The van der Waals surface area contributed by atoms with E-state index in [2.05, 4.69) is 16.7 Å². The van der Waals surface area contributed by atoms with Gasteiger partial charge in [0.05, 0.1) is 6.26 Å². The molecule has 1 aromatic rings. The molecule has 1 aliphatic heterocycles. The number of anilines is 1. The van der Waals surface area contributed by atoms with Crippen molar-refractivity contribution in [3.05, 3.63) is 36.4 Å². The Morgan fingerprint density at radius 2 is 1.68 bits per heavy atom. The number of carboxylic acid groups (broad SMARTS) is 2. The fourth-order valence-electron chi connectivity index (χ4n) is 2.60. The second kappa shape index (κ2) is 11.3. The number of hydrogen-bond acceptors (Lipinski definition) is 7. The van der Waals surface area contributed by atoms with Crippen LogP contribution in [0.2, 0.25) is 0 Å². The molecule has 156 valence electrons. The van der Waals surface area contributed by atoms with Gasteiger partial charge < -0.3 is 19.3 Å². The molecule has 0 bridgehead atoms. The van der Waals surface area contributed by atoms with Gasteiger partial charge in [-0.1, -0.05) is 13.0 Å². The third-order valence-electron chi connectivity index (χ3n) is 3.71. The van der Waals surface area contributed by atoms with E-state index in [1.807, 2.05) is 12.1 Å². The number of carbonyl (C=O) groups is 2. The molecule has 0 aliphatic carbocycles. The average Bonchev–Trinajstić information content (AvgIpc) is 2.60. The van der Waals surface area contributed by atoms with Crippen molar-refractivity contribution in [3.63, 3.8) is 0 Å². The van der Waals surface area contributed by atoms with Crippen LogP contribution in [0.15, 0.2) is 36.4 Å². The molecule has 0 amide bonds. The van der Waals surface area contributed by atoms with E-state index in [1.165, 1.54) is 6.42 Å². The minimum Gasteiger partial charge on any atom is -0.478 e. The maximum atomic E-state index is 11.2. The molecule has 1 fully saturated rings. The minimum atomic E-state index is -3.47. The molecular formula is C18H26N2O7S. The van der Waals surface area contributed by atoms with Crippen LogP contribution in [-0.2, 0) is 19.7 Å². The van der Waals surface area contributed by atoms with E-state index < -0.39 is 22.1 Å². The summed E-state index contributed by atoms with van der Waals surface area (Å²) in [6, 6.07) is 7.27. The Hall–Kier alpha value is -2.59. The summed E-state index contributed by atoms with van der Waals surface area (Å²) < 4.78 is 27.2. The van der Waals surface area contributed by atoms with Crippen LogP contribution < -0.4 is 9.08 Å². The van der Waals surface area contributed by atoms with E-state index >= 15 is 0 Å². The van der Waals surface area contributed by atoms with Gasteiger partial charge in [-0.2, -0.15) is 8.42 Å². The van der Waals surface area contributed by atoms with E-state index in [1.54, 1.807) is 12.1 Å². The number of rotatable bonds is 7. The Morgan fingerprint density at radius 1 is 1.11 bits per heavy atom. The molecule has 2 N–H and O–H groups in total. The molecule has 1 aromatic carbocycles. The van der Waals surface area contributed by atoms with E-state index in [0.29, 0.717) is 17.9 Å². The van der Waals surface area contributed by atoms with Crippen molar-refractivity contribution < 1.29 is 32.4 Å². The van der Waals surface area contributed by atoms with Crippen molar-refractivity contribution in [1.82, 2.24) is 4.90 Å². The van der Waals surface area contributed by atoms with Crippen LogP contribution in [0.4, 0.5) is 5.69 Å². The zero-order valence-corrected chi connectivity index (χ0v) is 16.8. The van der Waals surface area contributed by atoms with Crippen molar-refractivity contribution >= 4 is 27.7 Å². The van der Waals surface area contributed by atoms with Gasteiger partial charge >= 0.3 is 22.1 Å². The summed E-state index contributed by atoms with van der Waals surface area (Å²) in [6.45, 7) is 7.35. The number of piperazine rings is 1. The second-order valence-electron chi connectivity index (χ2n) is 6.12. The molecule has 1 aliphatic rings. The Labute approximate surface area is 165 Å². The van der Waals surface area contributed by atoms with Gasteiger partial charge in [0.15, 0.2) is 0 Å². The summed E-state index contributed by atoms with van der Waals surface area (Å²) >= 11 is 0. The molecule has 0 saturated carbocycles. The zero-order chi connectivity index (χ0) is 21.2. The summed E-state index contributed by atoms with van der Waals surface area (Å²) in [6.07, 6.45) is 3.35. The Bertz CT molecular complexity index is 769. The first-order chi connectivity index (χ1) is 13.1. The minimum absolute atomic E-state index is 0.376. The van der Waals surface area contributed by atoms with E-state index in [-0.39, 0.29) is 0 Å². The lowest BCUT2D eigenvalue weighted by Crippen LogP contribution is -2.46. The predicted octanol–water partition coefficient (Wildman–Crippen LogP) is 1.27. The Kier molecular flexibility index (Phi) is 9.46. The number of nitrogens with zero attached hydrogens (tertiary/aromatic N) is 2. The van der Waals surface area contributed by atoms with Crippen molar-refractivity contribution in [2.45, 2.75) is 13.3 Å². The molecule has 9 nitrogen and oxygen atoms in total. The highest BCUT2D eigenvalue weighted by Gasteiger charge is 2.17. The number of carboxylic acids is 2. The second-order valence-corrected chi connectivity index (χ2v) is 7.70. The first-order valence-electron chi connectivity index (χ1n) is 8.71. The van der Waals surface area contributed by atoms with Gasteiger partial charge in [-0.05, 0) is 25.1 Å². The van der Waals surface area contributed by atoms with Crippen molar-refractivity contribution in [2.24, 2.45) is 0 Å². The third-order valence-corrected chi connectivity index (χ3v) is 4.21. The summed E-state index contributed by atoms with van der Waals surface area (Å²) in [5, 5.41) is 15.6. The molecule has 0 aromatic heterocycles. The SMILES string of the molecule is CCCN1CCN(c2cccc(OS(C)(=O)=O)c2)CC1.O=C(O)/C=C/C(=O)O. The molecule has 1 heterocycles. The monoisotopic (exact) mass is 414 g/mol. The van der Waals surface area contributed by atoms with Gasteiger partial charge in [0, 0.05) is 50.1 Å². The summed E-state index contributed by atoms with van der Waals surface area (Å²) in [7, 11) is -3.47. The maximum Gasteiger partial charge on any atom is 0.328 e. The fraction of sp³-hybridized carbons (Fsp3) is 0.444. The van der Waals surface area contributed by atoms with Crippen LogP contribution in [0.25, 0.3) is 0 Å². The summed E-state index contributed by atoms with van der Waals surface area (Å²) in [5.41, 5.74) is 1.02. The number of aliphatic carboxylic acids is 2. The van der Waals surface area contributed by atoms with E-state index in [4.69, 9.17) is 14.4 Å². The van der Waals surface area contributed by atoms with Crippen LogP contribution in [0.1, 0.15) is 13.3 Å². The fourth-order valence-corrected chi connectivity index (χ4v) is 3.05. The van der Waals surface area contributed by atoms with Gasteiger partial charge in [0.25, 0.3) is 0 Å². The standard InChI is InChI=1S/C14H22N2O3S.C4H4O4/c1-3-7-15-8-10-16(11-9-15)13-5-4-6-14(12-13)19-20(2,17)18;5-3(6)1-2-4(7)8/h4-6,12H,3,7-11H2,1-2H3;1-2H,(H,5,6)(H,7,8)/b;2-1+. The smallest absolute Gasteiger partial charge is 0.328 e. The molecule has 28 heavy (non-hydrogen) atoms. The summed E-state index contributed by atoms with van der Waals surface area (Å²) in [5.74, 6) is -2.14. The van der Waals surface area contributed by atoms with Crippen LogP contribution in [0.5, 0.6) is 5.75 Å². The molecule has 2 rings (SSSR count). The maximum absolute atomic E-state index is 11.2. The molecule has 0 spiro atoms. The van der Waals surface area contributed by atoms with Gasteiger partial charge in [0.2, 0.25) is 0 Å². The topological polar surface area (TPSA) is 124 Å². The highest BCUT2D eigenvalue weighted by molar-refractivity contribution is 7.86. The molecule has 1 saturated heterocycles. The molecule has 0 unspecified atom stereocenters. The van der Waals surface area contributed by atoms with Gasteiger partial charge in [0.1, 0.15) is 5.75 Å². The van der Waals surface area contributed by atoms with E-state index in [0.717, 1.165) is 44.7 Å². The Morgan fingerprint density at radius 3 is 2.14 bits per heavy atom. The zero-order valence-electron chi connectivity index (χ0n) is 15.9. The number of hydrogen-bond donors (Lipinski definition) is 2. The summed E-state index contributed by atoms with van der Waals surface area (Å²) in [4.78, 5) is 23.8. The lowest BCUT2D eigenvalue weighted by molar-refractivity contribution is -0.134. The van der Waals surface area contributed by atoms with E-state index in [9.17, 15) is 18.0 Å². The van der Waals surface area contributed by atoms with Crippen molar-refractivity contribution in [2.75, 3.05) is 43.9 Å². The van der Waals surface area contributed by atoms with Crippen LogP contribution in [-0.4, -0.2) is 74.4 Å². The van der Waals surface area contributed by atoms with Crippen molar-refractivity contribution in [1.29, 1.82) is 0 Å². The first kappa shape index (κ1) is 23.4. The quantitative estimate of drug-likeness (QED) is 0.501.